The lowest BCUT2D eigenvalue weighted by atomic mass is 10.1. The molecule has 4 rings (SSSR count). The summed E-state index contributed by atoms with van der Waals surface area (Å²) in [5, 5.41) is 7.82. The fraction of sp³-hybridized carbons (Fsp3) is 0.0833. The number of nitrogens with two attached hydrogens (primary N) is 1. The molecule has 0 aliphatic carbocycles. The number of halogens is 1. The molecule has 172 valence electrons. The minimum Gasteiger partial charge on any atom is -0.369 e. The predicted octanol–water partition coefficient (Wildman–Crippen LogP) is 4.67. The zero-order valence-electron chi connectivity index (χ0n) is 18.1. The second-order valence-corrected chi connectivity index (χ2v) is 9.43. The highest BCUT2D eigenvalue weighted by atomic mass is 32.2. The number of hydrogen-bond donors (Lipinski definition) is 2. The third-order valence-corrected chi connectivity index (χ3v) is 7.08. The molecule has 0 aliphatic rings. The van der Waals surface area contributed by atoms with Gasteiger partial charge >= 0.3 is 0 Å². The Balaban J connectivity index is 1.56. The number of aryl methyl sites for hydroxylation is 1. The molecule has 4 aromatic rings. The third kappa shape index (κ3) is 5.77. The third-order valence-electron chi connectivity index (χ3n) is 4.62. The molecule has 2 amide bonds. The van der Waals surface area contributed by atoms with Gasteiger partial charge in [-0.3, -0.25) is 14.9 Å². The summed E-state index contributed by atoms with van der Waals surface area (Å²) in [4.78, 5) is 27.9. The van der Waals surface area contributed by atoms with Crippen molar-refractivity contribution in [2.75, 3.05) is 11.1 Å². The van der Waals surface area contributed by atoms with E-state index < -0.39 is 5.91 Å². The SMILES string of the molecule is Cc1nc(NC(=O)/C=C/c2cn(-c3ccccc3)nc2-c2ccc(F)cc2)sc1SCC(N)=O. The molecule has 34 heavy (non-hydrogen) atoms. The number of amides is 2. The first-order valence-electron chi connectivity index (χ1n) is 10.2. The van der Waals surface area contributed by atoms with Crippen molar-refractivity contribution < 1.29 is 14.0 Å². The van der Waals surface area contributed by atoms with Gasteiger partial charge < -0.3 is 5.73 Å². The van der Waals surface area contributed by atoms with Gasteiger partial charge in [0, 0.05) is 23.4 Å². The number of para-hydroxylation sites is 1. The summed E-state index contributed by atoms with van der Waals surface area (Å²) in [5.41, 5.74) is 8.80. The maximum absolute atomic E-state index is 13.4. The second-order valence-electron chi connectivity index (χ2n) is 7.19. The molecule has 0 fully saturated rings. The van der Waals surface area contributed by atoms with Crippen LogP contribution in [0.3, 0.4) is 0 Å². The Morgan fingerprint density at radius 1 is 1.18 bits per heavy atom. The molecule has 2 aromatic carbocycles. The Morgan fingerprint density at radius 3 is 2.62 bits per heavy atom. The Bertz CT molecular complexity index is 1350. The van der Waals surface area contributed by atoms with E-state index in [-0.39, 0.29) is 17.5 Å². The molecule has 0 bridgehead atoms. The van der Waals surface area contributed by atoms with Crippen LogP contribution in [-0.4, -0.2) is 32.3 Å². The van der Waals surface area contributed by atoms with Gasteiger partial charge in [0.15, 0.2) is 5.13 Å². The molecule has 0 saturated heterocycles. The summed E-state index contributed by atoms with van der Waals surface area (Å²) in [6, 6.07) is 15.6. The van der Waals surface area contributed by atoms with Gasteiger partial charge in [-0.2, -0.15) is 5.10 Å². The zero-order valence-corrected chi connectivity index (χ0v) is 19.7. The van der Waals surface area contributed by atoms with Crippen LogP contribution in [0.15, 0.2) is 71.1 Å². The van der Waals surface area contributed by atoms with E-state index in [1.165, 1.54) is 41.3 Å². The summed E-state index contributed by atoms with van der Waals surface area (Å²) >= 11 is 2.57. The van der Waals surface area contributed by atoms with Crippen molar-refractivity contribution in [2.24, 2.45) is 5.73 Å². The number of anilines is 1. The lowest BCUT2D eigenvalue weighted by molar-refractivity contribution is -0.115. The highest BCUT2D eigenvalue weighted by Gasteiger charge is 2.13. The van der Waals surface area contributed by atoms with Crippen LogP contribution >= 0.6 is 23.1 Å². The minimum absolute atomic E-state index is 0.147. The number of hydrogen-bond acceptors (Lipinski definition) is 6. The molecule has 0 saturated carbocycles. The van der Waals surface area contributed by atoms with E-state index >= 15 is 0 Å². The number of aromatic nitrogens is 3. The van der Waals surface area contributed by atoms with Crippen molar-refractivity contribution in [3.05, 3.63) is 83.9 Å². The first-order valence-corrected chi connectivity index (χ1v) is 12.0. The molecule has 2 heterocycles. The summed E-state index contributed by atoms with van der Waals surface area (Å²) in [7, 11) is 0. The van der Waals surface area contributed by atoms with Crippen molar-refractivity contribution in [3.63, 3.8) is 0 Å². The molecule has 0 atom stereocenters. The van der Waals surface area contributed by atoms with Gasteiger partial charge in [0.05, 0.1) is 27.0 Å². The Kier molecular flexibility index (Phi) is 7.19. The number of benzene rings is 2. The Hall–Kier alpha value is -3.76. The van der Waals surface area contributed by atoms with Gasteiger partial charge in [0.2, 0.25) is 11.8 Å². The van der Waals surface area contributed by atoms with Crippen LogP contribution in [0.25, 0.3) is 23.0 Å². The summed E-state index contributed by atoms with van der Waals surface area (Å²) < 4.78 is 16.0. The van der Waals surface area contributed by atoms with Crippen LogP contribution in [0.5, 0.6) is 0 Å². The number of nitrogens with one attached hydrogen (secondary N) is 1. The average Bonchev–Trinajstić information content (AvgIpc) is 3.40. The number of thioether (sulfide) groups is 1. The number of thiazole rings is 1. The van der Waals surface area contributed by atoms with E-state index in [1.807, 2.05) is 36.5 Å². The van der Waals surface area contributed by atoms with Gasteiger partial charge in [-0.15, -0.1) is 11.8 Å². The molecule has 0 spiro atoms. The molecule has 3 N–H and O–H groups in total. The topological polar surface area (TPSA) is 103 Å². The fourth-order valence-corrected chi connectivity index (χ4v) is 4.95. The van der Waals surface area contributed by atoms with Crippen LogP contribution in [0.2, 0.25) is 0 Å². The molecule has 0 radical (unpaired) electrons. The fourth-order valence-electron chi connectivity index (χ4n) is 3.07. The number of nitrogens with zero attached hydrogens (tertiary/aromatic N) is 3. The van der Waals surface area contributed by atoms with E-state index in [0.717, 1.165) is 21.2 Å². The Morgan fingerprint density at radius 2 is 1.91 bits per heavy atom. The molecule has 2 aromatic heterocycles. The van der Waals surface area contributed by atoms with Gasteiger partial charge in [-0.05, 0) is 49.4 Å². The minimum atomic E-state index is -0.417. The van der Waals surface area contributed by atoms with Crippen LogP contribution in [0.1, 0.15) is 11.3 Å². The van der Waals surface area contributed by atoms with Crippen molar-refractivity contribution in [3.8, 4) is 16.9 Å². The zero-order chi connectivity index (χ0) is 24.1. The quantitative estimate of drug-likeness (QED) is 0.274. The summed E-state index contributed by atoms with van der Waals surface area (Å²) in [6.45, 7) is 1.80. The van der Waals surface area contributed by atoms with E-state index in [0.29, 0.717) is 16.4 Å². The van der Waals surface area contributed by atoms with Gasteiger partial charge in [-0.25, -0.2) is 14.1 Å². The first kappa shape index (κ1) is 23.4. The van der Waals surface area contributed by atoms with Crippen molar-refractivity contribution in [1.82, 2.24) is 14.8 Å². The monoisotopic (exact) mass is 493 g/mol. The average molecular weight is 494 g/mol. The largest absolute Gasteiger partial charge is 0.369 e. The van der Waals surface area contributed by atoms with Crippen LogP contribution in [0.4, 0.5) is 9.52 Å². The van der Waals surface area contributed by atoms with Crippen LogP contribution in [0, 0.1) is 12.7 Å². The molecule has 0 aliphatic heterocycles. The number of rotatable bonds is 8. The molecule has 7 nitrogen and oxygen atoms in total. The smallest absolute Gasteiger partial charge is 0.250 e. The molecule has 10 heteroatoms. The summed E-state index contributed by atoms with van der Waals surface area (Å²) in [5.74, 6) is -0.972. The highest BCUT2D eigenvalue weighted by molar-refractivity contribution is 8.01. The maximum atomic E-state index is 13.4. The van der Waals surface area contributed by atoms with Crippen molar-refractivity contribution in [2.45, 2.75) is 11.1 Å². The predicted molar refractivity (Wildman–Crippen MR) is 133 cm³/mol. The summed E-state index contributed by atoms with van der Waals surface area (Å²) in [6.07, 6.45) is 4.86. The van der Waals surface area contributed by atoms with E-state index in [4.69, 9.17) is 5.73 Å². The van der Waals surface area contributed by atoms with Crippen LogP contribution < -0.4 is 11.1 Å². The van der Waals surface area contributed by atoms with Crippen LogP contribution in [-0.2, 0) is 9.59 Å². The lowest BCUT2D eigenvalue weighted by Crippen LogP contribution is -2.12. The molecular formula is C24H20FN5O2S2. The number of carbonyl (C=O) groups excluding carboxylic acids is 2. The van der Waals surface area contributed by atoms with E-state index in [9.17, 15) is 14.0 Å². The highest BCUT2D eigenvalue weighted by Crippen LogP contribution is 2.32. The number of carbonyl (C=O) groups is 2. The van der Waals surface area contributed by atoms with E-state index in [2.05, 4.69) is 15.4 Å². The van der Waals surface area contributed by atoms with Crippen molar-refractivity contribution in [1.29, 1.82) is 0 Å². The molecular weight excluding hydrogens is 473 g/mol. The first-order chi connectivity index (χ1) is 16.4. The van der Waals surface area contributed by atoms with E-state index in [1.54, 1.807) is 29.8 Å². The standard InChI is InChI=1S/C24H20FN5O2S2/c1-15-23(33-14-20(26)31)34-24(27-15)28-21(32)12-9-17-13-30(19-5-3-2-4-6-19)29-22(17)16-7-10-18(25)11-8-16/h2-13H,14H2,1H3,(H2,26,31)(H,27,28,32)/b12-9+. The second kappa shape index (κ2) is 10.4. The lowest BCUT2D eigenvalue weighted by Gasteiger charge is -2.00. The normalized spacial score (nSPS) is 11.1. The van der Waals surface area contributed by atoms with Crippen molar-refractivity contribution >= 4 is 46.1 Å². The molecule has 0 unspecified atom stereocenters. The van der Waals surface area contributed by atoms with Gasteiger partial charge in [-0.1, -0.05) is 29.5 Å². The maximum Gasteiger partial charge on any atom is 0.250 e. The van der Waals surface area contributed by atoms with Gasteiger partial charge in [0.25, 0.3) is 0 Å². The number of primary amides is 1. The van der Waals surface area contributed by atoms with Gasteiger partial charge in [0.1, 0.15) is 5.82 Å². The Labute approximate surface area is 203 Å².